The lowest BCUT2D eigenvalue weighted by molar-refractivity contribution is 0.753. The van der Waals surface area contributed by atoms with Crippen molar-refractivity contribution >= 4 is 33.4 Å². The summed E-state index contributed by atoms with van der Waals surface area (Å²) in [7, 11) is 0. The molecular weight excluding hydrogens is 378 g/mol. The number of aromatic nitrogens is 3. The number of rotatable bonds is 6. The average molecular weight is 398 g/mol. The Hall–Kier alpha value is -2.47. The summed E-state index contributed by atoms with van der Waals surface area (Å²) in [4.78, 5) is 13.6. The van der Waals surface area contributed by atoms with Crippen LogP contribution in [0.15, 0.2) is 59.2 Å². The first-order valence-corrected chi connectivity index (χ1v) is 9.03. The summed E-state index contributed by atoms with van der Waals surface area (Å²) in [5, 5.41) is 6.68. The van der Waals surface area contributed by atoms with E-state index in [2.05, 4.69) is 55.4 Å². The third-order valence-corrected chi connectivity index (χ3v) is 4.23. The highest BCUT2D eigenvalue weighted by Gasteiger charge is 2.10. The molecule has 2 heterocycles. The Morgan fingerprint density at radius 1 is 1.04 bits per heavy atom. The van der Waals surface area contributed by atoms with Crippen LogP contribution in [0.1, 0.15) is 20.3 Å². The standard InChI is InChI=1S/C19H20BrN5/c1-3-13(2)22-19-24-17(16-9-4-5-10-21-16)12-18(25-19)23-15-8-6-7-14(20)11-15/h4-13H,3H2,1-2H3,(H2,22,23,24,25)/t13-/m0/s1. The third-order valence-electron chi connectivity index (χ3n) is 3.74. The van der Waals surface area contributed by atoms with E-state index >= 15 is 0 Å². The van der Waals surface area contributed by atoms with Gasteiger partial charge in [0.1, 0.15) is 5.82 Å². The molecule has 0 bridgehead atoms. The molecule has 2 N–H and O–H groups in total. The highest BCUT2D eigenvalue weighted by atomic mass is 79.9. The van der Waals surface area contributed by atoms with Gasteiger partial charge >= 0.3 is 0 Å². The molecule has 3 aromatic rings. The van der Waals surface area contributed by atoms with E-state index in [1.54, 1.807) is 6.20 Å². The molecule has 1 aromatic carbocycles. The minimum Gasteiger partial charge on any atom is -0.352 e. The van der Waals surface area contributed by atoms with Crippen LogP contribution in [0.5, 0.6) is 0 Å². The van der Waals surface area contributed by atoms with Crippen LogP contribution in [0.4, 0.5) is 17.5 Å². The fraction of sp³-hybridized carbons (Fsp3) is 0.211. The SMILES string of the molecule is CC[C@H](C)Nc1nc(Nc2cccc(Br)c2)cc(-c2ccccn2)n1. The lowest BCUT2D eigenvalue weighted by atomic mass is 10.2. The van der Waals surface area contributed by atoms with E-state index in [1.807, 2.05) is 48.5 Å². The number of anilines is 3. The second-order valence-electron chi connectivity index (χ2n) is 5.77. The van der Waals surface area contributed by atoms with Crippen molar-refractivity contribution in [2.24, 2.45) is 0 Å². The van der Waals surface area contributed by atoms with Crippen molar-refractivity contribution in [1.29, 1.82) is 0 Å². The zero-order valence-corrected chi connectivity index (χ0v) is 15.8. The van der Waals surface area contributed by atoms with Crippen LogP contribution >= 0.6 is 15.9 Å². The van der Waals surface area contributed by atoms with Crippen molar-refractivity contribution in [2.75, 3.05) is 10.6 Å². The molecule has 0 aliphatic carbocycles. The fourth-order valence-corrected chi connectivity index (χ4v) is 2.66. The summed E-state index contributed by atoms with van der Waals surface area (Å²) in [5.74, 6) is 1.31. The predicted octanol–water partition coefficient (Wildman–Crippen LogP) is 5.26. The highest BCUT2D eigenvalue weighted by molar-refractivity contribution is 9.10. The highest BCUT2D eigenvalue weighted by Crippen LogP contribution is 2.24. The molecule has 25 heavy (non-hydrogen) atoms. The Morgan fingerprint density at radius 3 is 2.64 bits per heavy atom. The van der Waals surface area contributed by atoms with Crippen LogP contribution < -0.4 is 10.6 Å². The number of hydrogen-bond donors (Lipinski definition) is 2. The van der Waals surface area contributed by atoms with Gasteiger partial charge in [-0.1, -0.05) is 35.0 Å². The van der Waals surface area contributed by atoms with Gasteiger partial charge in [0.05, 0.1) is 11.4 Å². The molecule has 0 amide bonds. The lowest BCUT2D eigenvalue weighted by Crippen LogP contribution is -2.16. The molecule has 5 nitrogen and oxygen atoms in total. The maximum Gasteiger partial charge on any atom is 0.225 e. The van der Waals surface area contributed by atoms with Gasteiger partial charge in [-0.15, -0.1) is 0 Å². The van der Waals surface area contributed by atoms with Crippen molar-refractivity contribution in [3.8, 4) is 11.4 Å². The molecule has 0 unspecified atom stereocenters. The molecule has 0 radical (unpaired) electrons. The summed E-state index contributed by atoms with van der Waals surface area (Å²) in [6.45, 7) is 4.24. The molecule has 3 rings (SSSR count). The molecule has 128 valence electrons. The van der Waals surface area contributed by atoms with E-state index < -0.39 is 0 Å². The van der Waals surface area contributed by atoms with Gasteiger partial charge in [-0.25, -0.2) is 4.98 Å². The van der Waals surface area contributed by atoms with Crippen LogP contribution in [0.2, 0.25) is 0 Å². The number of hydrogen-bond acceptors (Lipinski definition) is 5. The zero-order valence-electron chi connectivity index (χ0n) is 14.2. The predicted molar refractivity (Wildman–Crippen MR) is 106 cm³/mol. The van der Waals surface area contributed by atoms with E-state index in [9.17, 15) is 0 Å². The smallest absolute Gasteiger partial charge is 0.225 e. The van der Waals surface area contributed by atoms with Crippen molar-refractivity contribution in [1.82, 2.24) is 15.0 Å². The molecule has 0 spiro atoms. The van der Waals surface area contributed by atoms with Gasteiger partial charge < -0.3 is 10.6 Å². The van der Waals surface area contributed by atoms with Gasteiger partial charge in [0.15, 0.2) is 0 Å². The largest absolute Gasteiger partial charge is 0.352 e. The second kappa shape index (κ2) is 8.07. The second-order valence-corrected chi connectivity index (χ2v) is 6.68. The number of nitrogens with zero attached hydrogens (tertiary/aromatic N) is 3. The van der Waals surface area contributed by atoms with Gasteiger partial charge in [0.2, 0.25) is 5.95 Å². The Bertz CT molecular complexity index is 838. The molecule has 0 saturated carbocycles. The summed E-state index contributed by atoms with van der Waals surface area (Å²) < 4.78 is 1.01. The van der Waals surface area contributed by atoms with Crippen molar-refractivity contribution in [3.63, 3.8) is 0 Å². The van der Waals surface area contributed by atoms with Gasteiger partial charge in [-0.3, -0.25) is 4.98 Å². The van der Waals surface area contributed by atoms with E-state index in [0.717, 1.165) is 33.8 Å². The summed E-state index contributed by atoms with van der Waals surface area (Å²) >= 11 is 3.49. The zero-order chi connectivity index (χ0) is 17.6. The van der Waals surface area contributed by atoms with Crippen LogP contribution in [0, 0.1) is 0 Å². The first-order valence-electron chi connectivity index (χ1n) is 8.23. The van der Waals surface area contributed by atoms with E-state index in [4.69, 9.17) is 0 Å². The minimum absolute atomic E-state index is 0.290. The van der Waals surface area contributed by atoms with Crippen LogP contribution in [-0.4, -0.2) is 21.0 Å². The first kappa shape index (κ1) is 17.4. The third kappa shape index (κ3) is 4.76. The van der Waals surface area contributed by atoms with E-state index in [0.29, 0.717) is 5.95 Å². The van der Waals surface area contributed by atoms with Crippen LogP contribution in [0.3, 0.4) is 0 Å². The average Bonchev–Trinajstić information content (AvgIpc) is 2.62. The van der Waals surface area contributed by atoms with Gasteiger partial charge in [-0.2, -0.15) is 4.98 Å². The summed E-state index contributed by atoms with van der Waals surface area (Å²) in [6.07, 6.45) is 2.76. The molecule has 1 atom stereocenters. The van der Waals surface area contributed by atoms with Gasteiger partial charge in [0.25, 0.3) is 0 Å². The maximum absolute atomic E-state index is 4.62. The lowest BCUT2D eigenvalue weighted by Gasteiger charge is -2.14. The number of pyridine rings is 1. The molecule has 0 aliphatic rings. The van der Waals surface area contributed by atoms with Crippen molar-refractivity contribution < 1.29 is 0 Å². The molecule has 0 fully saturated rings. The Morgan fingerprint density at radius 2 is 1.92 bits per heavy atom. The number of nitrogens with one attached hydrogen (secondary N) is 2. The van der Waals surface area contributed by atoms with E-state index in [1.165, 1.54) is 0 Å². The molecule has 6 heteroatoms. The summed E-state index contributed by atoms with van der Waals surface area (Å²) in [5.41, 5.74) is 2.54. The molecule has 0 aliphatic heterocycles. The van der Waals surface area contributed by atoms with Crippen LogP contribution in [0.25, 0.3) is 11.4 Å². The molecular formula is C19H20BrN5. The molecule has 0 saturated heterocycles. The van der Waals surface area contributed by atoms with Crippen molar-refractivity contribution in [2.45, 2.75) is 26.3 Å². The quantitative estimate of drug-likeness (QED) is 0.594. The molecule has 2 aromatic heterocycles. The van der Waals surface area contributed by atoms with Crippen molar-refractivity contribution in [3.05, 3.63) is 59.2 Å². The topological polar surface area (TPSA) is 62.7 Å². The Labute approximate surface area is 156 Å². The fourth-order valence-electron chi connectivity index (χ4n) is 2.26. The van der Waals surface area contributed by atoms with E-state index in [-0.39, 0.29) is 6.04 Å². The van der Waals surface area contributed by atoms with Gasteiger partial charge in [-0.05, 0) is 43.7 Å². The number of benzene rings is 1. The Balaban J connectivity index is 1.97. The normalized spacial score (nSPS) is 11.8. The van der Waals surface area contributed by atoms with Crippen LogP contribution in [-0.2, 0) is 0 Å². The first-order chi connectivity index (χ1) is 12.1. The Kier molecular flexibility index (Phi) is 5.60. The maximum atomic E-state index is 4.62. The monoisotopic (exact) mass is 397 g/mol. The minimum atomic E-state index is 0.290. The summed E-state index contributed by atoms with van der Waals surface area (Å²) in [6, 6.07) is 15.9. The number of halogens is 1. The van der Waals surface area contributed by atoms with Gasteiger partial charge in [0, 0.05) is 28.5 Å².